The standard InChI is InChI=1S/C16H18FNO/c1-18-16(14-9-5-6-10-15(14)17)12-19-11-13-7-3-2-4-8-13/h2-10,16,18H,11-12H2,1H3. The molecule has 0 aromatic heterocycles. The number of ether oxygens (including phenoxy) is 1. The maximum atomic E-state index is 13.7. The summed E-state index contributed by atoms with van der Waals surface area (Å²) in [5.74, 6) is -0.204. The van der Waals surface area contributed by atoms with Gasteiger partial charge in [-0.15, -0.1) is 0 Å². The monoisotopic (exact) mass is 259 g/mol. The number of hydrogen-bond donors (Lipinski definition) is 1. The third-order valence-electron chi connectivity index (χ3n) is 3.03. The second-order valence-corrected chi connectivity index (χ2v) is 4.36. The van der Waals surface area contributed by atoms with Crippen molar-refractivity contribution >= 4 is 0 Å². The molecule has 19 heavy (non-hydrogen) atoms. The average Bonchev–Trinajstić information content (AvgIpc) is 2.46. The van der Waals surface area contributed by atoms with Gasteiger partial charge in [0.1, 0.15) is 5.82 Å². The van der Waals surface area contributed by atoms with E-state index in [1.807, 2.05) is 43.4 Å². The van der Waals surface area contributed by atoms with Crippen molar-refractivity contribution in [3.63, 3.8) is 0 Å². The molecule has 0 saturated carbocycles. The molecule has 2 aromatic carbocycles. The quantitative estimate of drug-likeness (QED) is 0.859. The first-order valence-electron chi connectivity index (χ1n) is 6.34. The Hall–Kier alpha value is -1.71. The van der Waals surface area contributed by atoms with E-state index < -0.39 is 0 Å². The Kier molecular flexibility index (Phi) is 5.07. The van der Waals surface area contributed by atoms with E-state index in [0.29, 0.717) is 18.8 Å². The minimum atomic E-state index is -0.204. The average molecular weight is 259 g/mol. The number of halogens is 1. The summed E-state index contributed by atoms with van der Waals surface area (Å²) in [5.41, 5.74) is 1.75. The van der Waals surface area contributed by atoms with Crippen LogP contribution in [0.1, 0.15) is 17.2 Å². The van der Waals surface area contributed by atoms with Gasteiger partial charge in [-0.25, -0.2) is 4.39 Å². The molecule has 0 spiro atoms. The number of hydrogen-bond acceptors (Lipinski definition) is 2. The predicted molar refractivity (Wildman–Crippen MR) is 74.3 cm³/mol. The first-order chi connectivity index (χ1) is 9.31. The maximum absolute atomic E-state index is 13.7. The van der Waals surface area contributed by atoms with Gasteiger partial charge < -0.3 is 10.1 Å². The molecule has 1 unspecified atom stereocenters. The number of nitrogens with one attached hydrogen (secondary N) is 1. The van der Waals surface area contributed by atoms with E-state index in [1.54, 1.807) is 12.1 Å². The van der Waals surface area contributed by atoms with E-state index in [0.717, 1.165) is 5.56 Å². The minimum Gasteiger partial charge on any atom is -0.375 e. The zero-order valence-electron chi connectivity index (χ0n) is 11.0. The second-order valence-electron chi connectivity index (χ2n) is 4.36. The predicted octanol–water partition coefficient (Wildman–Crippen LogP) is 3.30. The van der Waals surface area contributed by atoms with Crippen LogP contribution in [0.25, 0.3) is 0 Å². The van der Waals surface area contributed by atoms with Crippen LogP contribution < -0.4 is 5.32 Å². The lowest BCUT2D eigenvalue weighted by atomic mass is 10.1. The minimum absolute atomic E-state index is 0.134. The van der Waals surface area contributed by atoms with E-state index >= 15 is 0 Å². The van der Waals surface area contributed by atoms with Gasteiger partial charge in [0, 0.05) is 5.56 Å². The SMILES string of the molecule is CNC(COCc1ccccc1)c1ccccc1F. The van der Waals surface area contributed by atoms with Crippen molar-refractivity contribution in [1.29, 1.82) is 0 Å². The zero-order chi connectivity index (χ0) is 13.5. The van der Waals surface area contributed by atoms with Gasteiger partial charge in [-0.3, -0.25) is 0 Å². The summed E-state index contributed by atoms with van der Waals surface area (Å²) >= 11 is 0. The summed E-state index contributed by atoms with van der Waals surface area (Å²) in [7, 11) is 1.81. The Morgan fingerprint density at radius 3 is 2.42 bits per heavy atom. The lowest BCUT2D eigenvalue weighted by Crippen LogP contribution is -2.22. The summed E-state index contributed by atoms with van der Waals surface area (Å²) in [6, 6.07) is 16.6. The first-order valence-corrected chi connectivity index (χ1v) is 6.34. The molecule has 2 nitrogen and oxygen atoms in total. The van der Waals surface area contributed by atoms with Crippen LogP contribution in [0.4, 0.5) is 4.39 Å². The Bertz CT molecular complexity index is 501. The molecule has 0 fully saturated rings. The van der Waals surface area contributed by atoms with Crippen LogP contribution in [0.3, 0.4) is 0 Å². The first kappa shape index (κ1) is 13.7. The lowest BCUT2D eigenvalue weighted by molar-refractivity contribution is 0.0997. The van der Waals surface area contributed by atoms with Crippen molar-refractivity contribution in [2.45, 2.75) is 12.6 Å². The van der Waals surface area contributed by atoms with Gasteiger partial charge in [0.05, 0.1) is 19.3 Å². The van der Waals surface area contributed by atoms with Crippen molar-refractivity contribution in [3.05, 3.63) is 71.5 Å². The molecule has 0 heterocycles. The summed E-state index contributed by atoms with van der Waals surface area (Å²) in [4.78, 5) is 0. The molecule has 0 bridgehead atoms. The summed E-state index contributed by atoms with van der Waals surface area (Å²) in [6.45, 7) is 0.972. The molecular weight excluding hydrogens is 241 g/mol. The maximum Gasteiger partial charge on any atom is 0.128 e. The highest BCUT2D eigenvalue weighted by molar-refractivity contribution is 5.21. The third kappa shape index (κ3) is 3.88. The van der Waals surface area contributed by atoms with Gasteiger partial charge in [0.25, 0.3) is 0 Å². The van der Waals surface area contributed by atoms with Crippen molar-refractivity contribution in [1.82, 2.24) is 5.32 Å². The molecule has 0 radical (unpaired) electrons. The Balaban J connectivity index is 1.92. The molecule has 0 saturated heterocycles. The number of likely N-dealkylation sites (N-methyl/N-ethyl adjacent to an activating group) is 1. The normalized spacial score (nSPS) is 12.3. The fourth-order valence-electron chi connectivity index (χ4n) is 1.96. The van der Waals surface area contributed by atoms with Crippen LogP contribution in [0, 0.1) is 5.82 Å². The second kappa shape index (κ2) is 7.02. The molecule has 3 heteroatoms. The van der Waals surface area contributed by atoms with Crippen LogP contribution in [-0.4, -0.2) is 13.7 Å². The van der Waals surface area contributed by atoms with Crippen LogP contribution in [0.5, 0.6) is 0 Å². The van der Waals surface area contributed by atoms with E-state index in [2.05, 4.69) is 5.32 Å². The molecule has 1 N–H and O–H groups in total. The Morgan fingerprint density at radius 1 is 1.05 bits per heavy atom. The highest BCUT2D eigenvalue weighted by atomic mass is 19.1. The van der Waals surface area contributed by atoms with Crippen molar-refractivity contribution < 1.29 is 9.13 Å². The van der Waals surface area contributed by atoms with Crippen LogP contribution >= 0.6 is 0 Å². The van der Waals surface area contributed by atoms with E-state index in [9.17, 15) is 4.39 Å². The molecule has 0 aliphatic rings. The van der Waals surface area contributed by atoms with Crippen LogP contribution in [0.15, 0.2) is 54.6 Å². The number of rotatable bonds is 6. The topological polar surface area (TPSA) is 21.3 Å². The molecule has 100 valence electrons. The van der Waals surface area contributed by atoms with Crippen molar-refractivity contribution in [3.8, 4) is 0 Å². The summed E-state index contributed by atoms with van der Waals surface area (Å²) < 4.78 is 19.3. The van der Waals surface area contributed by atoms with Gasteiger partial charge in [0.15, 0.2) is 0 Å². The third-order valence-corrected chi connectivity index (χ3v) is 3.03. The van der Waals surface area contributed by atoms with Crippen molar-refractivity contribution in [2.75, 3.05) is 13.7 Å². The zero-order valence-corrected chi connectivity index (χ0v) is 11.0. The highest BCUT2D eigenvalue weighted by Crippen LogP contribution is 2.17. The molecule has 0 amide bonds. The van der Waals surface area contributed by atoms with Gasteiger partial charge in [-0.1, -0.05) is 48.5 Å². The van der Waals surface area contributed by atoms with Crippen molar-refractivity contribution in [2.24, 2.45) is 0 Å². The van der Waals surface area contributed by atoms with E-state index in [4.69, 9.17) is 4.74 Å². The fraction of sp³-hybridized carbons (Fsp3) is 0.250. The molecule has 1 atom stereocenters. The molecule has 0 aliphatic carbocycles. The Morgan fingerprint density at radius 2 is 1.74 bits per heavy atom. The van der Waals surface area contributed by atoms with Gasteiger partial charge in [0.2, 0.25) is 0 Å². The smallest absolute Gasteiger partial charge is 0.128 e. The van der Waals surface area contributed by atoms with Crippen LogP contribution in [-0.2, 0) is 11.3 Å². The van der Waals surface area contributed by atoms with Gasteiger partial charge in [-0.05, 0) is 18.7 Å². The van der Waals surface area contributed by atoms with E-state index in [-0.39, 0.29) is 11.9 Å². The fourth-order valence-corrected chi connectivity index (χ4v) is 1.96. The van der Waals surface area contributed by atoms with Gasteiger partial charge >= 0.3 is 0 Å². The summed E-state index contributed by atoms with van der Waals surface area (Å²) in [6.07, 6.45) is 0. The summed E-state index contributed by atoms with van der Waals surface area (Å²) in [5, 5.41) is 3.08. The molecule has 2 rings (SSSR count). The van der Waals surface area contributed by atoms with Gasteiger partial charge in [-0.2, -0.15) is 0 Å². The Labute approximate surface area is 113 Å². The molecular formula is C16H18FNO. The number of benzene rings is 2. The van der Waals surface area contributed by atoms with E-state index in [1.165, 1.54) is 6.07 Å². The molecule has 2 aromatic rings. The largest absolute Gasteiger partial charge is 0.375 e. The highest BCUT2D eigenvalue weighted by Gasteiger charge is 2.13. The van der Waals surface area contributed by atoms with Crippen LogP contribution in [0.2, 0.25) is 0 Å². The lowest BCUT2D eigenvalue weighted by Gasteiger charge is -2.17. The molecule has 0 aliphatic heterocycles.